The first kappa shape index (κ1) is 26.6. The first-order valence-corrected chi connectivity index (χ1v) is 16.1. The molecule has 9 rings (SSSR count). The van der Waals surface area contributed by atoms with Crippen molar-refractivity contribution in [1.29, 1.82) is 0 Å². The molecule has 0 aliphatic heterocycles. The Morgan fingerprint density at radius 1 is 0.478 bits per heavy atom. The molecule has 7 aromatic carbocycles. The Morgan fingerprint density at radius 3 is 1.89 bits per heavy atom. The van der Waals surface area contributed by atoms with Crippen molar-refractivity contribution in [2.75, 3.05) is 4.90 Å². The van der Waals surface area contributed by atoms with Crippen molar-refractivity contribution in [3.8, 4) is 28.0 Å². The van der Waals surface area contributed by atoms with Crippen molar-refractivity contribution in [2.45, 2.75) is 0 Å². The lowest BCUT2D eigenvalue weighted by Crippen LogP contribution is -2.10. The van der Waals surface area contributed by atoms with Gasteiger partial charge in [0.1, 0.15) is 5.58 Å². The molecule has 0 spiro atoms. The standard InChI is InChI=1S/C42H27NO2S/c44-40-37(26-25-35-33-11-4-6-15-38(33)45-41(35)40)43(30-21-17-28(18-22-30)27-9-2-1-3-10-27)31-23-19-29(20-24-31)32-13-8-14-36-34-12-5-7-16-39(34)46-42(32)36/h1-26,44H. The van der Waals surface area contributed by atoms with Gasteiger partial charge in [-0.1, -0.05) is 109 Å². The van der Waals surface area contributed by atoms with Gasteiger partial charge in [-0.25, -0.2) is 0 Å². The molecule has 0 saturated carbocycles. The molecular formula is C42H27NO2S. The fraction of sp³-hybridized carbons (Fsp3) is 0. The molecule has 1 N–H and O–H groups in total. The molecule has 9 aromatic rings. The molecule has 0 unspecified atom stereocenters. The molecule has 3 nitrogen and oxygen atoms in total. The van der Waals surface area contributed by atoms with Gasteiger partial charge in [0, 0.05) is 42.3 Å². The molecule has 0 radical (unpaired) electrons. The molecule has 46 heavy (non-hydrogen) atoms. The first-order chi connectivity index (χ1) is 22.7. The highest BCUT2D eigenvalue weighted by Crippen LogP contribution is 2.46. The number of phenolic OH excluding ortho intramolecular Hbond substituents is 1. The summed E-state index contributed by atoms with van der Waals surface area (Å²) in [6.45, 7) is 0. The topological polar surface area (TPSA) is 36.6 Å². The molecule has 0 amide bonds. The third-order valence-corrected chi connectivity index (χ3v) is 10.0. The maximum atomic E-state index is 11.8. The van der Waals surface area contributed by atoms with Crippen molar-refractivity contribution in [2.24, 2.45) is 0 Å². The summed E-state index contributed by atoms with van der Waals surface area (Å²) in [5.74, 6) is 0.111. The fourth-order valence-electron chi connectivity index (χ4n) is 6.57. The lowest BCUT2D eigenvalue weighted by molar-refractivity contribution is 0.470. The van der Waals surface area contributed by atoms with Crippen LogP contribution in [0.5, 0.6) is 5.75 Å². The lowest BCUT2D eigenvalue weighted by Gasteiger charge is -2.26. The van der Waals surface area contributed by atoms with Crippen LogP contribution in [0.1, 0.15) is 0 Å². The van der Waals surface area contributed by atoms with E-state index in [2.05, 4.69) is 120 Å². The van der Waals surface area contributed by atoms with Crippen molar-refractivity contribution in [1.82, 2.24) is 0 Å². The predicted molar refractivity (Wildman–Crippen MR) is 194 cm³/mol. The number of thiophene rings is 1. The van der Waals surface area contributed by atoms with Crippen LogP contribution in [0.2, 0.25) is 0 Å². The molecule has 0 aliphatic carbocycles. The van der Waals surface area contributed by atoms with Crippen LogP contribution >= 0.6 is 11.3 Å². The van der Waals surface area contributed by atoms with Crippen LogP contribution in [-0.4, -0.2) is 5.11 Å². The number of fused-ring (bicyclic) bond motifs is 6. The highest BCUT2D eigenvalue weighted by molar-refractivity contribution is 7.26. The second-order valence-electron chi connectivity index (χ2n) is 11.5. The monoisotopic (exact) mass is 609 g/mol. The number of para-hydroxylation sites is 1. The summed E-state index contributed by atoms with van der Waals surface area (Å²) in [4.78, 5) is 2.10. The zero-order valence-corrected chi connectivity index (χ0v) is 25.5. The van der Waals surface area contributed by atoms with E-state index in [1.165, 1.54) is 25.7 Å². The molecule has 0 saturated heterocycles. The quantitative estimate of drug-likeness (QED) is 0.211. The van der Waals surface area contributed by atoms with Crippen LogP contribution in [0, 0.1) is 0 Å². The summed E-state index contributed by atoms with van der Waals surface area (Å²) in [5.41, 5.74) is 8.42. The zero-order chi connectivity index (χ0) is 30.6. The Hall–Kier alpha value is -5.84. The van der Waals surface area contributed by atoms with Gasteiger partial charge < -0.3 is 14.4 Å². The van der Waals surface area contributed by atoms with E-state index in [0.29, 0.717) is 11.3 Å². The van der Waals surface area contributed by atoms with E-state index in [4.69, 9.17) is 4.42 Å². The van der Waals surface area contributed by atoms with Gasteiger partial charge in [-0.2, -0.15) is 0 Å². The number of rotatable bonds is 5. The van der Waals surface area contributed by atoms with Crippen LogP contribution in [0.15, 0.2) is 162 Å². The van der Waals surface area contributed by atoms with Gasteiger partial charge in [-0.3, -0.25) is 0 Å². The molecule has 0 fully saturated rings. The van der Waals surface area contributed by atoms with E-state index in [1.807, 2.05) is 53.8 Å². The molecule has 0 aliphatic rings. The number of hydrogen-bond acceptors (Lipinski definition) is 4. The number of phenols is 1. The van der Waals surface area contributed by atoms with Crippen LogP contribution in [-0.2, 0) is 0 Å². The minimum Gasteiger partial charge on any atom is -0.503 e. The van der Waals surface area contributed by atoms with Gasteiger partial charge in [-0.05, 0) is 70.8 Å². The maximum Gasteiger partial charge on any atom is 0.183 e. The molecule has 4 heteroatoms. The number of furan rings is 1. The van der Waals surface area contributed by atoms with Crippen molar-refractivity contribution in [3.05, 3.63) is 158 Å². The summed E-state index contributed by atoms with van der Waals surface area (Å²) in [6, 6.07) is 54.5. The van der Waals surface area contributed by atoms with Crippen molar-refractivity contribution in [3.63, 3.8) is 0 Å². The predicted octanol–water partition coefficient (Wildman–Crippen LogP) is 12.5. The number of benzene rings is 7. The third-order valence-electron chi connectivity index (χ3n) is 8.81. The van der Waals surface area contributed by atoms with Crippen LogP contribution in [0.3, 0.4) is 0 Å². The van der Waals surface area contributed by atoms with Crippen LogP contribution in [0.4, 0.5) is 17.1 Å². The number of nitrogens with zero attached hydrogens (tertiary/aromatic N) is 1. The maximum absolute atomic E-state index is 11.8. The van der Waals surface area contributed by atoms with Gasteiger partial charge >= 0.3 is 0 Å². The highest BCUT2D eigenvalue weighted by atomic mass is 32.1. The Kier molecular flexibility index (Phi) is 6.15. The number of aromatic hydroxyl groups is 1. The SMILES string of the molecule is Oc1c(N(c2ccc(-c3ccccc3)cc2)c2ccc(-c3cccc4c3sc3ccccc34)cc2)ccc2c1oc1ccccc12. The average molecular weight is 610 g/mol. The Balaban J connectivity index is 1.18. The van der Waals surface area contributed by atoms with E-state index >= 15 is 0 Å². The van der Waals surface area contributed by atoms with E-state index in [0.717, 1.165) is 44.4 Å². The Bertz CT molecular complexity index is 2530. The van der Waals surface area contributed by atoms with Crippen molar-refractivity contribution >= 4 is 70.5 Å². The fourth-order valence-corrected chi connectivity index (χ4v) is 7.81. The van der Waals surface area contributed by atoms with E-state index in [-0.39, 0.29) is 5.75 Å². The largest absolute Gasteiger partial charge is 0.503 e. The minimum atomic E-state index is 0.111. The Labute approximate surface area is 269 Å². The molecule has 0 atom stereocenters. The second kappa shape index (κ2) is 10.7. The van der Waals surface area contributed by atoms with Crippen LogP contribution < -0.4 is 4.90 Å². The van der Waals surface area contributed by atoms with Crippen molar-refractivity contribution < 1.29 is 9.52 Å². The molecule has 2 aromatic heterocycles. The number of hydrogen-bond donors (Lipinski definition) is 1. The van der Waals surface area contributed by atoms with Gasteiger partial charge in [0.05, 0.1) is 5.69 Å². The van der Waals surface area contributed by atoms with Gasteiger partial charge in [0.25, 0.3) is 0 Å². The van der Waals surface area contributed by atoms with E-state index < -0.39 is 0 Å². The lowest BCUT2D eigenvalue weighted by atomic mass is 10.0. The van der Waals surface area contributed by atoms with E-state index in [1.54, 1.807) is 0 Å². The second-order valence-corrected chi connectivity index (χ2v) is 12.5. The molecule has 218 valence electrons. The summed E-state index contributed by atoms with van der Waals surface area (Å²) in [5, 5.41) is 16.2. The zero-order valence-electron chi connectivity index (χ0n) is 24.7. The minimum absolute atomic E-state index is 0.111. The average Bonchev–Trinajstić information content (AvgIpc) is 3.70. The van der Waals surface area contributed by atoms with Gasteiger partial charge in [-0.15, -0.1) is 11.3 Å². The normalized spacial score (nSPS) is 11.6. The summed E-state index contributed by atoms with van der Waals surface area (Å²) in [6.07, 6.45) is 0. The van der Waals surface area contributed by atoms with Crippen LogP contribution in [0.25, 0.3) is 64.4 Å². The number of anilines is 3. The molecular weight excluding hydrogens is 583 g/mol. The molecule has 2 heterocycles. The smallest absolute Gasteiger partial charge is 0.183 e. The summed E-state index contributed by atoms with van der Waals surface area (Å²) < 4.78 is 8.77. The highest BCUT2D eigenvalue weighted by Gasteiger charge is 2.21. The Morgan fingerprint density at radius 2 is 1.11 bits per heavy atom. The van der Waals surface area contributed by atoms with Gasteiger partial charge in [0.2, 0.25) is 0 Å². The van der Waals surface area contributed by atoms with Gasteiger partial charge in [0.15, 0.2) is 11.3 Å². The summed E-state index contributed by atoms with van der Waals surface area (Å²) >= 11 is 1.84. The third kappa shape index (κ3) is 4.26. The summed E-state index contributed by atoms with van der Waals surface area (Å²) in [7, 11) is 0. The molecule has 0 bridgehead atoms. The first-order valence-electron chi connectivity index (χ1n) is 15.3. The van der Waals surface area contributed by atoms with E-state index in [9.17, 15) is 5.11 Å².